The molecule has 0 saturated carbocycles. The minimum Gasteiger partial charge on any atom is -0.422 e. The summed E-state index contributed by atoms with van der Waals surface area (Å²) in [7, 11) is -3.96. The molecule has 2 heterocycles. The van der Waals surface area contributed by atoms with Crippen LogP contribution in [0.25, 0.3) is 17.0 Å². The number of hydrogen-bond acceptors (Lipinski definition) is 6. The van der Waals surface area contributed by atoms with Gasteiger partial charge in [0.25, 0.3) is 0 Å². The zero-order chi connectivity index (χ0) is 20.8. The van der Waals surface area contributed by atoms with Crippen molar-refractivity contribution in [3.63, 3.8) is 0 Å². The van der Waals surface area contributed by atoms with Gasteiger partial charge in [-0.3, -0.25) is 4.79 Å². The quantitative estimate of drug-likeness (QED) is 0.483. The number of carbonyl (C=O) groups is 1. The van der Waals surface area contributed by atoms with Crippen LogP contribution < -0.4 is 10.5 Å². The highest BCUT2D eigenvalue weighted by Crippen LogP contribution is 2.35. The second-order valence-corrected chi connectivity index (χ2v) is 8.61. The Bertz CT molecular complexity index is 1330. The third-order valence-electron chi connectivity index (χ3n) is 5.10. The molecule has 0 aliphatic carbocycles. The molecule has 0 bridgehead atoms. The Labute approximate surface area is 168 Å². The molecule has 3 aromatic rings. The smallest absolute Gasteiger partial charge is 0.343 e. The zero-order valence-electron chi connectivity index (χ0n) is 16.0. The number of benzene rings is 2. The first kappa shape index (κ1) is 19.1. The van der Waals surface area contributed by atoms with Crippen molar-refractivity contribution in [1.29, 1.82) is 0 Å². The van der Waals surface area contributed by atoms with Crippen LogP contribution in [0.3, 0.4) is 0 Å². The van der Waals surface area contributed by atoms with E-state index in [4.69, 9.17) is 4.42 Å². The summed E-state index contributed by atoms with van der Waals surface area (Å²) in [5, 5.41) is 0.646. The molecule has 148 valence electrons. The van der Waals surface area contributed by atoms with Crippen molar-refractivity contribution in [3.8, 4) is 0 Å². The molecule has 0 radical (unpaired) electrons. The number of rotatable bonds is 4. The summed E-state index contributed by atoms with van der Waals surface area (Å²) in [6.45, 7) is 5.71. The van der Waals surface area contributed by atoms with E-state index in [-0.39, 0.29) is 16.0 Å². The number of nitrogens with zero attached hydrogens (tertiary/aromatic N) is 1. The molecule has 0 atom stereocenters. The number of carbonyl (C=O) groups excluding carboxylic acids is 1. The summed E-state index contributed by atoms with van der Waals surface area (Å²) in [6.07, 6.45) is 1.11. The van der Waals surface area contributed by atoms with Gasteiger partial charge in [0.05, 0.1) is 10.5 Å². The third kappa shape index (κ3) is 3.07. The van der Waals surface area contributed by atoms with Gasteiger partial charge in [0.1, 0.15) is 10.5 Å². The zero-order valence-corrected chi connectivity index (χ0v) is 16.8. The molecule has 4 rings (SSSR count). The maximum atomic E-state index is 12.7. The first-order valence-corrected chi connectivity index (χ1v) is 10.8. The predicted octanol–water partition coefficient (Wildman–Crippen LogP) is 3.65. The fraction of sp³-hybridized carbons (Fsp3) is 0.182. The summed E-state index contributed by atoms with van der Waals surface area (Å²) in [4.78, 5) is 26.8. The fourth-order valence-corrected chi connectivity index (χ4v) is 5.13. The summed E-state index contributed by atoms with van der Waals surface area (Å²) in [5.41, 5.74) is 0.785. The van der Waals surface area contributed by atoms with Crippen molar-refractivity contribution in [1.82, 2.24) is 0 Å². The standard InChI is InChI=1S/C22H19NO5S/c1-3-23(4-2)16-10-9-14-11-15(22(25)28-18(14)13-16)12-20-21(24)17-7-5-6-8-19(17)29(20,26)27/h5-13H,3-4H2,1-2H3/b20-12-. The molecular formula is C22H19NO5S. The van der Waals surface area contributed by atoms with Crippen LogP contribution in [0.15, 0.2) is 67.5 Å². The maximum Gasteiger partial charge on any atom is 0.343 e. The van der Waals surface area contributed by atoms with Gasteiger partial charge in [-0.15, -0.1) is 0 Å². The van der Waals surface area contributed by atoms with Crippen LogP contribution in [-0.2, 0) is 9.84 Å². The molecule has 1 aliphatic rings. The molecule has 0 spiro atoms. The number of hydrogen-bond donors (Lipinski definition) is 0. The van der Waals surface area contributed by atoms with Crippen LogP contribution in [0, 0.1) is 0 Å². The molecule has 0 fully saturated rings. The Morgan fingerprint density at radius 1 is 1.00 bits per heavy atom. The van der Waals surface area contributed by atoms with E-state index in [0.29, 0.717) is 11.0 Å². The van der Waals surface area contributed by atoms with E-state index in [9.17, 15) is 18.0 Å². The molecule has 1 aromatic heterocycles. The second-order valence-electron chi connectivity index (χ2n) is 6.72. The number of sulfone groups is 1. The van der Waals surface area contributed by atoms with Crippen molar-refractivity contribution in [3.05, 3.63) is 75.0 Å². The number of allylic oxidation sites excluding steroid dienone is 1. The van der Waals surface area contributed by atoms with Gasteiger partial charge in [0.15, 0.2) is 0 Å². The number of anilines is 1. The molecule has 0 saturated heterocycles. The summed E-state index contributed by atoms with van der Waals surface area (Å²) in [6, 6.07) is 13.1. The van der Waals surface area contributed by atoms with Crippen LogP contribution >= 0.6 is 0 Å². The Balaban J connectivity index is 1.84. The first-order chi connectivity index (χ1) is 13.9. The predicted molar refractivity (Wildman–Crippen MR) is 112 cm³/mol. The Kier molecular flexibility index (Phi) is 4.62. The maximum absolute atomic E-state index is 12.7. The van der Waals surface area contributed by atoms with E-state index in [1.807, 2.05) is 26.0 Å². The molecule has 0 amide bonds. The number of Topliss-reactive ketones (excluding diaryl/α,β-unsaturated/α-hetero) is 1. The Morgan fingerprint density at radius 3 is 2.41 bits per heavy atom. The highest BCUT2D eigenvalue weighted by Gasteiger charge is 2.38. The third-order valence-corrected chi connectivity index (χ3v) is 6.91. The molecule has 0 N–H and O–H groups in total. The van der Waals surface area contributed by atoms with E-state index in [1.165, 1.54) is 12.1 Å². The molecule has 0 unspecified atom stereocenters. The lowest BCUT2D eigenvalue weighted by atomic mass is 10.1. The number of ketones is 1. The largest absolute Gasteiger partial charge is 0.422 e. The van der Waals surface area contributed by atoms with Gasteiger partial charge in [-0.25, -0.2) is 13.2 Å². The molecular weight excluding hydrogens is 390 g/mol. The van der Waals surface area contributed by atoms with Crippen molar-refractivity contribution in [2.45, 2.75) is 18.7 Å². The summed E-state index contributed by atoms with van der Waals surface area (Å²) >= 11 is 0. The summed E-state index contributed by atoms with van der Waals surface area (Å²) in [5.74, 6) is -0.614. The van der Waals surface area contributed by atoms with Gasteiger partial charge in [-0.1, -0.05) is 12.1 Å². The lowest BCUT2D eigenvalue weighted by Gasteiger charge is -2.20. The summed E-state index contributed by atoms with van der Waals surface area (Å²) < 4.78 is 30.9. The van der Waals surface area contributed by atoms with E-state index in [1.54, 1.807) is 24.3 Å². The topological polar surface area (TPSA) is 84.7 Å². The Hall–Kier alpha value is -3.19. The average Bonchev–Trinajstić information content (AvgIpc) is 2.90. The van der Waals surface area contributed by atoms with Gasteiger partial charge in [-0.05, 0) is 50.3 Å². The van der Waals surface area contributed by atoms with Crippen molar-refractivity contribution in [2.75, 3.05) is 18.0 Å². The van der Waals surface area contributed by atoms with E-state index in [2.05, 4.69) is 4.90 Å². The monoisotopic (exact) mass is 409 g/mol. The highest BCUT2D eigenvalue weighted by atomic mass is 32.2. The van der Waals surface area contributed by atoms with Crippen LogP contribution in [0.5, 0.6) is 0 Å². The first-order valence-electron chi connectivity index (χ1n) is 9.30. The average molecular weight is 409 g/mol. The van der Waals surface area contributed by atoms with Crippen LogP contribution in [-0.4, -0.2) is 27.3 Å². The van der Waals surface area contributed by atoms with E-state index < -0.39 is 26.2 Å². The van der Waals surface area contributed by atoms with Crippen LogP contribution in [0.4, 0.5) is 5.69 Å². The van der Waals surface area contributed by atoms with Gasteiger partial charge in [0.2, 0.25) is 15.6 Å². The van der Waals surface area contributed by atoms with Crippen molar-refractivity contribution in [2.24, 2.45) is 0 Å². The minimum atomic E-state index is -3.96. The van der Waals surface area contributed by atoms with Crippen LogP contribution in [0.1, 0.15) is 29.8 Å². The molecule has 29 heavy (non-hydrogen) atoms. The molecule has 7 heteroatoms. The molecule has 6 nitrogen and oxygen atoms in total. The second kappa shape index (κ2) is 7.00. The number of fused-ring (bicyclic) bond motifs is 2. The normalized spacial score (nSPS) is 16.3. The van der Waals surface area contributed by atoms with Gasteiger partial charge < -0.3 is 9.32 Å². The SMILES string of the molecule is CCN(CC)c1ccc2cc(/C=C3/C(=O)c4ccccc4S3(=O)=O)c(=O)oc2c1. The highest BCUT2D eigenvalue weighted by molar-refractivity contribution is 7.97. The van der Waals surface area contributed by atoms with E-state index in [0.717, 1.165) is 24.9 Å². The van der Waals surface area contributed by atoms with Gasteiger partial charge in [-0.2, -0.15) is 0 Å². The Morgan fingerprint density at radius 2 is 1.72 bits per heavy atom. The fourth-order valence-electron chi connectivity index (χ4n) is 3.55. The lowest BCUT2D eigenvalue weighted by molar-refractivity contribution is 0.104. The molecule has 2 aromatic carbocycles. The van der Waals surface area contributed by atoms with Crippen molar-refractivity contribution < 1.29 is 17.6 Å². The van der Waals surface area contributed by atoms with Crippen LogP contribution in [0.2, 0.25) is 0 Å². The van der Waals surface area contributed by atoms with Gasteiger partial charge in [0, 0.05) is 35.8 Å². The van der Waals surface area contributed by atoms with E-state index >= 15 is 0 Å². The lowest BCUT2D eigenvalue weighted by Crippen LogP contribution is -2.21. The molecule has 1 aliphatic heterocycles. The van der Waals surface area contributed by atoms with Crippen molar-refractivity contribution >= 4 is 38.4 Å². The minimum absolute atomic E-state index is 0.0211. The van der Waals surface area contributed by atoms with Gasteiger partial charge >= 0.3 is 5.63 Å².